The molecule has 3 aromatic rings. The average Bonchev–Trinajstić information content (AvgIpc) is 2.83. The van der Waals surface area contributed by atoms with Crippen molar-refractivity contribution in [2.24, 2.45) is 7.05 Å². The molecule has 8 heteroatoms. The van der Waals surface area contributed by atoms with Crippen molar-refractivity contribution in [3.8, 4) is 0 Å². The molecule has 0 spiro atoms. The van der Waals surface area contributed by atoms with E-state index in [1.807, 2.05) is 18.5 Å². The molecule has 1 aromatic carbocycles. The van der Waals surface area contributed by atoms with Gasteiger partial charge in [0.15, 0.2) is 5.65 Å². The van der Waals surface area contributed by atoms with E-state index < -0.39 is 0 Å². The van der Waals surface area contributed by atoms with Crippen molar-refractivity contribution in [3.05, 3.63) is 24.0 Å². The van der Waals surface area contributed by atoms with Crippen LogP contribution in [0.4, 0.5) is 4.39 Å². The number of aromatic nitrogens is 4. The smallest absolute Gasteiger partial charge is 0.230 e. The molecule has 23 heavy (non-hydrogen) atoms. The van der Waals surface area contributed by atoms with Gasteiger partial charge in [0.1, 0.15) is 11.3 Å². The molecule has 0 atom stereocenters. The van der Waals surface area contributed by atoms with E-state index in [0.717, 1.165) is 11.9 Å². The summed E-state index contributed by atoms with van der Waals surface area (Å²) in [6.07, 6.45) is 0.896. The second-order valence-corrected chi connectivity index (χ2v) is 6.07. The van der Waals surface area contributed by atoms with Crippen LogP contribution in [0.15, 0.2) is 23.4 Å². The van der Waals surface area contributed by atoms with Gasteiger partial charge < -0.3 is 9.88 Å². The van der Waals surface area contributed by atoms with Crippen molar-refractivity contribution in [2.75, 3.05) is 12.3 Å². The molecule has 1 N–H and O–H groups in total. The monoisotopic (exact) mass is 333 g/mol. The van der Waals surface area contributed by atoms with Gasteiger partial charge >= 0.3 is 0 Å². The Bertz CT molecular complexity index is 879. The first-order valence-electron chi connectivity index (χ1n) is 7.28. The lowest BCUT2D eigenvalue weighted by Gasteiger charge is -2.02. The van der Waals surface area contributed by atoms with Crippen molar-refractivity contribution in [1.82, 2.24) is 25.1 Å². The highest BCUT2D eigenvalue weighted by Gasteiger charge is 2.14. The lowest BCUT2D eigenvalue weighted by Crippen LogP contribution is -2.25. The van der Waals surface area contributed by atoms with Crippen LogP contribution in [0, 0.1) is 5.82 Å². The van der Waals surface area contributed by atoms with Gasteiger partial charge in [-0.3, -0.25) is 4.79 Å². The number of benzene rings is 1. The van der Waals surface area contributed by atoms with Gasteiger partial charge in [0.25, 0.3) is 0 Å². The summed E-state index contributed by atoms with van der Waals surface area (Å²) in [6.45, 7) is 2.66. The summed E-state index contributed by atoms with van der Waals surface area (Å²) in [5.74, 6) is -0.135. The highest BCUT2D eigenvalue weighted by Crippen LogP contribution is 2.26. The number of nitrogens with zero attached hydrogens (tertiary/aromatic N) is 4. The molecule has 0 aliphatic heterocycles. The van der Waals surface area contributed by atoms with Gasteiger partial charge in [-0.05, 0) is 24.6 Å². The molecule has 0 aliphatic rings. The number of aryl methyl sites for hydroxylation is 1. The van der Waals surface area contributed by atoms with E-state index in [-0.39, 0.29) is 17.5 Å². The summed E-state index contributed by atoms with van der Waals surface area (Å²) >= 11 is 1.23. The predicted molar refractivity (Wildman–Crippen MR) is 87.8 cm³/mol. The third-order valence-electron chi connectivity index (χ3n) is 3.45. The van der Waals surface area contributed by atoms with Crippen LogP contribution in [-0.2, 0) is 11.8 Å². The van der Waals surface area contributed by atoms with Gasteiger partial charge in [0.05, 0.1) is 11.3 Å². The van der Waals surface area contributed by atoms with E-state index in [0.29, 0.717) is 28.3 Å². The lowest BCUT2D eigenvalue weighted by molar-refractivity contribution is -0.118. The molecule has 3 rings (SSSR count). The maximum Gasteiger partial charge on any atom is 0.230 e. The summed E-state index contributed by atoms with van der Waals surface area (Å²) in [5, 5.41) is 12.1. The first-order valence-corrected chi connectivity index (χ1v) is 8.26. The molecule has 0 bridgehead atoms. The van der Waals surface area contributed by atoms with E-state index in [1.165, 1.54) is 23.9 Å². The van der Waals surface area contributed by atoms with E-state index in [9.17, 15) is 9.18 Å². The van der Waals surface area contributed by atoms with Crippen LogP contribution >= 0.6 is 11.8 Å². The fourth-order valence-corrected chi connectivity index (χ4v) is 2.93. The van der Waals surface area contributed by atoms with E-state index in [2.05, 4.69) is 20.5 Å². The van der Waals surface area contributed by atoms with Gasteiger partial charge in [0, 0.05) is 19.0 Å². The first kappa shape index (κ1) is 15.7. The van der Waals surface area contributed by atoms with Gasteiger partial charge in [0.2, 0.25) is 11.1 Å². The zero-order valence-electron chi connectivity index (χ0n) is 12.8. The van der Waals surface area contributed by atoms with Crippen molar-refractivity contribution >= 4 is 39.7 Å². The maximum atomic E-state index is 13.4. The van der Waals surface area contributed by atoms with Crippen molar-refractivity contribution < 1.29 is 9.18 Å². The van der Waals surface area contributed by atoms with Crippen LogP contribution in [0.1, 0.15) is 13.3 Å². The number of carbonyl (C=O) groups excluding carboxylic acids is 1. The van der Waals surface area contributed by atoms with Crippen LogP contribution in [0.3, 0.4) is 0 Å². The van der Waals surface area contributed by atoms with Crippen molar-refractivity contribution in [1.29, 1.82) is 0 Å². The summed E-state index contributed by atoms with van der Waals surface area (Å²) < 4.78 is 15.3. The van der Waals surface area contributed by atoms with Crippen LogP contribution in [0.5, 0.6) is 0 Å². The Morgan fingerprint density at radius 3 is 3.00 bits per heavy atom. The summed E-state index contributed by atoms with van der Waals surface area (Å²) in [5.41, 5.74) is 2.02. The molecule has 0 fully saturated rings. The SMILES string of the molecule is CCCNC(=O)CSc1nnc2c3cc(F)ccc3n(C)c2n1. The lowest BCUT2D eigenvalue weighted by atomic mass is 10.2. The molecular weight excluding hydrogens is 317 g/mol. The molecular formula is C15H16FN5OS. The fraction of sp³-hybridized carbons (Fsp3) is 0.333. The molecule has 1 amide bonds. The standard InChI is InChI=1S/C15H16FN5OS/c1-3-6-17-12(22)8-23-15-18-14-13(19-20-15)10-7-9(16)4-5-11(10)21(14)2/h4-5,7H,3,6,8H2,1-2H3,(H,17,22). The molecule has 0 unspecified atom stereocenters. The number of hydrogen-bond acceptors (Lipinski definition) is 5. The summed E-state index contributed by atoms with van der Waals surface area (Å²) in [6, 6.07) is 4.53. The Morgan fingerprint density at radius 2 is 2.22 bits per heavy atom. The number of carbonyl (C=O) groups is 1. The van der Waals surface area contributed by atoms with Gasteiger partial charge in [-0.2, -0.15) is 0 Å². The summed E-state index contributed by atoms with van der Waals surface area (Å²) in [7, 11) is 1.85. The molecule has 6 nitrogen and oxygen atoms in total. The Labute approximate surface area is 136 Å². The largest absolute Gasteiger partial charge is 0.355 e. The molecule has 0 saturated heterocycles. The normalized spacial score (nSPS) is 11.3. The fourth-order valence-electron chi connectivity index (χ4n) is 2.32. The molecule has 120 valence electrons. The van der Waals surface area contributed by atoms with Crippen LogP contribution in [-0.4, -0.2) is 38.0 Å². The number of fused-ring (bicyclic) bond motifs is 3. The van der Waals surface area contributed by atoms with Crippen molar-refractivity contribution in [2.45, 2.75) is 18.5 Å². The zero-order valence-corrected chi connectivity index (χ0v) is 13.7. The highest BCUT2D eigenvalue weighted by atomic mass is 32.2. The van der Waals surface area contributed by atoms with Gasteiger partial charge in [-0.1, -0.05) is 18.7 Å². The van der Waals surface area contributed by atoms with Crippen LogP contribution in [0.25, 0.3) is 22.1 Å². The Hall–Kier alpha value is -2.22. The van der Waals surface area contributed by atoms with Gasteiger partial charge in [-0.15, -0.1) is 10.2 Å². The third kappa shape index (κ3) is 3.12. The number of hydrogen-bond donors (Lipinski definition) is 1. The Morgan fingerprint density at radius 1 is 1.39 bits per heavy atom. The number of rotatable bonds is 5. The minimum absolute atomic E-state index is 0.0559. The second kappa shape index (κ2) is 6.49. The topological polar surface area (TPSA) is 72.7 Å². The quantitative estimate of drug-likeness (QED) is 0.725. The highest BCUT2D eigenvalue weighted by molar-refractivity contribution is 7.99. The minimum Gasteiger partial charge on any atom is -0.355 e. The van der Waals surface area contributed by atoms with E-state index >= 15 is 0 Å². The van der Waals surface area contributed by atoms with E-state index in [1.54, 1.807) is 6.07 Å². The third-order valence-corrected chi connectivity index (χ3v) is 4.28. The summed E-state index contributed by atoms with van der Waals surface area (Å²) in [4.78, 5) is 16.1. The second-order valence-electron chi connectivity index (χ2n) is 5.13. The Kier molecular flexibility index (Phi) is 4.42. The molecule has 2 aromatic heterocycles. The molecule has 0 saturated carbocycles. The molecule has 0 aliphatic carbocycles. The molecule has 2 heterocycles. The zero-order chi connectivity index (χ0) is 16.4. The molecule has 0 radical (unpaired) electrons. The Balaban J connectivity index is 1.89. The van der Waals surface area contributed by atoms with E-state index in [4.69, 9.17) is 0 Å². The number of nitrogens with one attached hydrogen (secondary N) is 1. The number of halogens is 1. The predicted octanol–water partition coefficient (Wildman–Crippen LogP) is 2.27. The van der Waals surface area contributed by atoms with Crippen LogP contribution < -0.4 is 5.32 Å². The van der Waals surface area contributed by atoms with Crippen LogP contribution in [0.2, 0.25) is 0 Å². The minimum atomic E-state index is -0.321. The number of thioether (sulfide) groups is 1. The maximum absolute atomic E-state index is 13.4. The average molecular weight is 333 g/mol. The first-order chi connectivity index (χ1) is 11.1. The van der Waals surface area contributed by atoms with Crippen molar-refractivity contribution in [3.63, 3.8) is 0 Å². The van der Waals surface area contributed by atoms with Gasteiger partial charge in [-0.25, -0.2) is 9.37 Å². The number of amides is 1.